The van der Waals surface area contributed by atoms with Gasteiger partial charge in [0.25, 0.3) is 0 Å². The molecule has 0 saturated carbocycles. The number of amides is 1. The van der Waals surface area contributed by atoms with Gasteiger partial charge in [-0.05, 0) is 11.6 Å². The molecule has 0 saturated heterocycles. The Bertz CT molecular complexity index is 685. The van der Waals surface area contributed by atoms with Gasteiger partial charge in [0.2, 0.25) is 5.91 Å². The number of nitrogens with two attached hydrogens (primary N) is 1. The summed E-state index contributed by atoms with van der Waals surface area (Å²) in [6.07, 6.45) is -2.49. The summed E-state index contributed by atoms with van der Waals surface area (Å²) in [5, 5.41) is 3.06. The van der Waals surface area contributed by atoms with Crippen LogP contribution in [0.25, 0.3) is 0 Å². The smallest absolute Gasteiger partial charge is 0.330 e. The molecule has 4 nitrogen and oxygen atoms in total. The molecule has 0 fully saturated rings. The maximum Gasteiger partial charge on any atom is 0.416 e. The highest BCUT2D eigenvalue weighted by molar-refractivity contribution is 7.15. The van der Waals surface area contributed by atoms with Gasteiger partial charge in [0, 0.05) is 30.0 Å². The number of hydrogen-bond donors (Lipinski definition) is 2. The Kier molecular flexibility index (Phi) is 5.38. The summed E-state index contributed by atoms with van der Waals surface area (Å²) in [4.78, 5) is 16.5. The van der Waals surface area contributed by atoms with E-state index in [1.807, 2.05) is 0 Å². The van der Waals surface area contributed by atoms with Gasteiger partial charge in [-0.1, -0.05) is 25.1 Å². The molecule has 1 heterocycles. The van der Waals surface area contributed by atoms with E-state index in [-0.39, 0.29) is 18.4 Å². The van der Waals surface area contributed by atoms with Crippen LogP contribution in [0.3, 0.4) is 0 Å². The number of benzene rings is 1. The predicted molar refractivity (Wildman–Crippen MR) is 83.2 cm³/mol. The zero-order valence-electron chi connectivity index (χ0n) is 12.4. The molecule has 1 amide bonds. The summed E-state index contributed by atoms with van der Waals surface area (Å²) in [7, 11) is 0. The molecule has 8 heteroatoms. The van der Waals surface area contributed by atoms with Gasteiger partial charge in [-0.15, -0.1) is 11.3 Å². The minimum absolute atomic E-state index is 0.229. The lowest BCUT2D eigenvalue weighted by Gasteiger charge is -2.08. The second kappa shape index (κ2) is 7.10. The summed E-state index contributed by atoms with van der Waals surface area (Å²) in [5.41, 5.74) is 5.28. The summed E-state index contributed by atoms with van der Waals surface area (Å²) < 4.78 is 38.1. The van der Waals surface area contributed by atoms with Crippen LogP contribution in [0.2, 0.25) is 0 Å². The van der Waals surface area contributed by atoms with Crippen molar-refractivity contribution in [1.29, 1.82) is 0 Å². The topological polar surface area (TPSA) is 68.0 Å². The molecular formula is C15H16F3N3OS. The lowest BCUT2D eigenvalue weighted by molar-refractivity contribution is -0.137. The molecule has 0 bridgehead atoms. The van der Waals surface area contributed by atoms with E-state index in [0.29, 0.717) is 17.1 Å². The first kappa shape index (κ1) is 17.4. The van der Waals surface area contributed by atoms with Crippen LogP contribution in [0.4, 0.5) is 18.3 Å². The van der Waals surface area contributed by atoms with Gasteiger partial charge >= 0.3 is 6.18 Å². The van der Waals surface area contributed by atoms with Crippen molar-refractivity contribution in [3.05, 3.63) is 46.5 Å². The molecule has 124 valence electrons. The zero-order chi connectivity index (χ0) is 17.0. The second-order valence-electron chi connectivity index (χ2n) is 5.13. The van der Waals surface area contributed by atoms with E-state index in [2.05, 4.69) is 10.3 Å². The molecule has 0 aliphatic rings. The molecular weight excluding hydrogens is 327 g/mol. The highest BCUT2D eigenvalue weighted by Crippen LogP contribution is 2.30. The number of nitrogens with zero attached hydrogens (tertiary/aromatic N) is 1. The molecule has 1 atom stereocenters. The molecule has 1 aromatic carbocycles. The fraction of sp³-hybridized carbons (Fsp3) is 0.333. The number of carbonyl (C=O) groups excluding carboxylic acids is 1. The average Bonchev–Trinajstić information content (AvgIpc) is 2.92. The van der Waals surface area contributed by atoms with Crippen LogP contribution in [0, 0.1) is 5.92 Å². The number of halogens is 3. The van der Waals surface area contributed by atoms with E-state index in [1.165, 1.54) is 17.4 Å². The van der Waals surface area contributed by atoms with Crippen molar-refractivity contribution in [2.24, 2.45) is 11.7 Å². The van der Waals surface area contributed by atoms with Crippen molar-refractivity contribution >= 4 is 22.4 Å². The minimum atomic E-state index is -4.36. The quantitative estimate of drug-likeness (QED) is 0.875. The van der Waals surface area contributed by atoms with Gasteiger partial charge in [0.05, 0.1) is 5.56 Å². The third-order valence-electron chi connectivity index (χ3n) is 3.22. The van der Waals surface area contributed by atoms with E-state index >= 15 is 0 Å². The third-order valence-corrected chi connectivity index (χ3v) is 4.13. The standard InChI is InChI=1S/C15H16F3N3OS/c1-9(7-19)13(22)21-14-20-8-12(23-14)6-10-3-2-4-11(5-10)15(16,17)18/h2-5,8-9H,6-7,19H2,1H3,(H,20,21,22). The van der Waals surface area contributed by atoms with Crippen LogP contribution in [0.15, 0.2) is 30.5 Å². The van der Waals surface area contributed by atoms with Crippen LogP contribution < -0.4 is 11.1 Å². The van der Waals surface area contributed by atoms with Crippen LogP contribution >= 0.6 is 11.3 Å². The summed E-state index contributed by atoms with van der Waals surface area (Å²) in [6.45, 7) is 1.93. The number of anilines is 1. The molecule has 2 aromatic rings. The van der Waals surface area contributed by atoms with Crippen molar-refractivity contribution in [2.45, 2.75) is 19.5 Å². The molecule has 0 aliphatic heterocycles. The maximum atomic E-state index is 12.7. The van der Waals surface area contributed by atoms with Gasteiger partial charge in [-0.25, -0.2) is 4.98 Å². The first-order valence-electron chi connectivity index (χ1n) is 6.91. The Balaban J connectivity index is 2.06. The van der Waals surface area contributed by atoms with E-state index in [0.717, 1.165) is 17.0 Å². The minimum Gasteiger partial charge on any atom is -0.330 e. The van der Waals surface area contributed by atoms with E-state index in [1.54, 1.807) is 19.2 Å². The molecule has 0 radical (unpaired) electrons. The number of carbonyl (C=O) groups is 1. The number of nitrogens with one attached hydrogen (secondary N) is 1. The Morgan fingerprint density at radius 3 is 2.83 bits per heavy atom. The normalized spacial score (nSPS) is 12.9. The van der Waals surface area contributed by atoms with Gasteiger partial charge in [-0.2, -0.15) is 13.2 Å². The Hall–Kier alpha value is -1.93. The second-order valence-corrected chi connectivity index (χ2v) is 6.25. The summed E-state index contributed by atoms with van der Waals surface area (Å²) >= 11 is 1.23. The van der Waals surface area contributed by atoms with Crippen LogP contribution in [-0.2, 0) is 17.4 Å². The molecule has 0 aliphatic carbocycles. The Labute approximate surface area is 135 Å². The van der Waals surface area contributed by atoms with E-state index < -0.39 is 11.7 Å². The van der Waals surface area contributed by atoms with Crippen molar-refractivity contribution in [3.8, 4) is 0 Å². The van der Waals surface area contributed by atoms with Crippen molar-refractivity contribution in [3.63, 3.8) is 0 Å². The Morgan fingerprint density at radius 1 is 1.43 bits per heavy atom. The molecule has 1 aromatic heterocycles. The molecule has 1 unspecified atom stereocenters. The molecule has 23 heavy (non-hydrogen) atoms. The molecule has 0 spiro atoms. The van der Waals surface area contributed by atoms with Crippen molar-refractivity contribution in [1.82, 2.24) is 4.98 Å². The van der Waals surface area contributed by atoms with Crippen LogP contribution in [-0.4, -0.2) is 17.4 Å². The third kappa shape index (κ3) is 4.77. The monoisotopic (exact) mass is 343 g/mol. The number of thiazole rings is 1. The Morgan fingerprint density at radius 2 is 2.17 bits per heavy atom. The predicted octanol–water partition coefficient (Wildman–Crippen LogP) is 3.29. The van der Waals surface area contributed by atoms with Crippen molar-refractivity contribution < 1.29 is 18.0 Å². The fourth-order valence-electron chi connectivity index (χ4n) is 1.84. The largest absolute Gasteiger partial charge is 0.416 e. The lowest BCUT2D eigenvalue weighted by Crippen LogP contribution is -2.26. The zero-order valence-corrected chi connectivity index (χ0v) is 13.2. The fourth-order valence-corrected chi connectivity index (χ4v) is 2.69. The molecule has 3 N–H and O–H groups in total. The van der Waals surface area contributed by atoms with E-state index in [9.17, 15) is 18.0 Å². The van der Waals surface area contributed by atoms with Crippen LogP contribution in [0.5, 0.6) is 0 Å². The summed E-state index contributed by atoms with van der Waals surface area (Å²) in [5.74, 6) is -0.557. The number of alkyl halides is 3. The summed E-state index contributed by atoms with van der Waals surface area (Å²) in [6, 6.07) is 5.17. The number of aromatic nitrogens is 1. The van der Waals surface area contributed by atoms with Crippen LogP contribution in [0.1, 0.15) is 22.9 Å². The van der Waals surface area contributed by atoms with E-state index in [4.69, 9.17) is 5.73 Å². The number of rotatable bonds is 5. The van der Waals surface area contributed by atoms with Crippen molar-refractivity contribution in [2.75, 3.05) is 11.9 Å². The maximum absolute atomic E-state index is 12.7. The molecule has 2 rings (SSSR count). The first-order chi connectivity index (χ1) is 10.8. The van der Waals surface area contributed by atoms with Gasteiger partial charge in [0.15, 0.2) is 5.13 Å². The van der Waals surface area contributed by atoms with Gasteiger partial charge < -0.3 is 11.1 Å². The average molecular weight is 343 g/mol. The van der Waals surface area contributed by atoms with Gasteiger partial charge in [0.1, 0.15) is 0 Å². The highest BCUT2D eigenvalue weighted by Gasteiger charge is 2.30. The SMILES string of the molecule is CC(CN)C(=O)Nc1ncc(Cc2cccc(C(F)(F)F)c2)s1. The highest BCUT2D eigenvalue weighted by atomic mass is 32.1. The lowest BCUT2D eigenvalue weighted by atomic mass is 10.1. The number of hydrogen-bond acceptors (Lipinski definition) is 4. The first-order valence-corrected chi connectivity index (χ1v) is 7.73. The van der Waals surface area contributed by atoms with Gasteiger partial charge in [-0.3, -0.25) is 4.79 Å².